The quantitative estimate of drug-likeness (QED) is 0.276. The number of fused-ring (bicyclic) bond motifs is 2. The number of nitrogens with zero attached hydrogens (tertiary/aromatic N) is 2. The molecule has 1 N–H and O–H groups in total. The second kappa shape index (κ2) is 10.3. The molecule has 1 aliphatic rings. The van der Waals surface area contributed by atoms with Crippen LogP contribution in [0.25, 0.3) is 10.9 Å². The maximum absolute atomic E-state index is 13.0. The highest BCUT2D eigenvalue weighted by Crippen LogP contribution is 2.49. The van der Waals surface area contributed by atoms with Crippen LogP contribution in [0.1, 0.15) is 46.6 Å². The van der Waals surface area contributed by atoms with Crippen molar-refractivity contribution in [2.45, 2.75) is 37.2 Å². The summed E-state index contributed by atoms with van der Waals surface area (Å²) in [5.41, 5.74) is 5.34. The van der Waals surface area contributed by atoms with Crippen molar-refractivity contribution in [3.63, 3.8) is 0 Å². The number of pyridine rings is 1. The van der Waals surface area contributed by atoms with E-state index in [1.807, 2.05) is 30.3 Å². The molecule has 0 aliphatic heterocycles. The first kappa shape index (κ1) is 24.9. The second-order valence-electron chi connectivity index (χ2n) is 10.0. The van der Waals surface area contributed by atoms with Gasteiger partial charge in [0.2, 0.25) is 5.88 Å². The van der Waals surface area contributed by atoms with Gasteiger partial charge in [0.25, 0.3) is 0 Å². The zero-order valence-electron chi connectivity index (χ0n) is 21.2. The van der Waals surface area contributed by atoms with E-state index in [1.165, 1.54) is 11.1 Å². The van der Waals surface area contributed by atoms with Crippen molar-refractivity contribution in [3.05, 3.63) is 105 Å². The molecule has 1 aliphatic carbocycles. The lowest BCUT2D eigenvalue weighted by Gasteiger charge is -2.40. The summed E-state index contributed by atoms with van der Waals surface area (Å²) in [5.74, 6) is 0.186. The number of rotatable bonds is 8. The van der Waals surface area contributed by atoms with Crippen LogP contribution in [-0.4, -0.2) is 42.7 Å². The molecule has 1 aromatic heterocycles. The molecule has 0 spiro atoms. The van der Waals surface area contributed by atoms with Crippen LogP contribution in [0.2, 0.25) is 0 Å². The SMILES string of the molecule is COc1nc2ccc(Br)cc2cc1C(c1ccccc1)C(O)(CCN(C)C)c1cccc2c1CCC2. The molecule has 4 nitrogen and oxygen atoms in total. The lowest BCUT2D eigenvalue weighted by molar-refractivity contribution is 0.00307. The fourth-order valence-corrected chi connectivity index (χ4v) is 6.11. The summed E-state index contributed by atoms with van der Waals surface area (Å²) in [6, 6.07) is 25.0. The summed E-state index contributed by atoms with van der Waals surface area (Å²) in [4.78, 5) is 7.03. The van der Waals surface area contributed by atoms with E-state index in [2.05, 4.69) is 77.4 Å². The molecule has 36 heavy (non-hydrogen) atoms. The van der Waals surface area contributed by atoms with Crippen molar-refractivity contribution in [2.75, 3.05) is 27.7 Å². The van der Waals surface area contributed by atoms with Gasteiger partial charge < -0.3 is 14.7 Å². The van der Waals surface area contributed by atoms with Crippen LogP contribution < -0.4 is 4.74 Å². The number of aromatic nitrogens is 1. The van der Waals surface area contributed by atoms with E-state index >= 15 is 0 Å². The van der Waals surface area contributed by atoms with Crippen molar-refractivity contribution < 1.29 is 9.84 Å². The van der Waals surface area contributed by atoms with Gasteiger partial charge in [0.1, 0.15) is 5.60 Å². The van der Waals surface area contributed by atoms with E-state index in [1.54, 1.807) is 7.11 Å². The van der Waals surface area contributed by atoms with Crippen LogP contribution in [0.5, 0.6) is 5.88 Å². The molecule has 0 bridgehead atoms. The number of aryl methyl sites for hydroxylation is 1. The molecule has 186 valence electrons. The summed E-state index contributed by atoms with van der Waals surface area (Å²) < 4.78 is 6.88. The average molecular weight is 546 g/mol. The van der Waals surface area contributed by atoms with Gasteiger partial charge in [0, 0.05) is 27.9 Å². The van der Waals surface area contributed by atoms with Gasteiger partial charge in [0.15, 0.2) is 0 Å². The number of hydrogen-bond acceptors (Lipinski definition) is 4. The van der Waals surface area contributed by atoms with E-state index in [-0.39, 0.29) is 5.92 Å². The van der Waals surface area contributed by atoms with E-state index in [4.69, 9.17) is 9.72 Å². The number of benzene rings is 3. The van der Waals surface area contributed by atoms with Gasteiger partial charge in [-0.1, -0.05) is 64.5 Å². The monoisotopic (exact) mass is 544 g/mol. The Labute approximate surface area is 222 Å². The average Bonchev–Trinajstić information content (AvgIpc) is 3.37. The third-order valence-electron chi connectivity index (χ3n) is 7.44. The Morgan fingerprint density at radius 1 is 1.03 bits per heavy atom. The lowest BCUT2D eigenvalue weighted by atomic mass is 9.70. The second-order valence-corrected chi connectivity index (χ2v) is 11.0. The molecule has 0 saturated carbocycles. The number of aliphatic hydroxyl groups is 1. The fraction of sp³-hybridized carbons (Fsp3) is 0.323. The Bertz CT molecular complexity index is 1370. The van der Waals surface area contributed by atoms with Gasteiger partial charge in [-0.3, -0.25) is 0 Å². The maximum Gasteiger partial charge on any atom is 0.217 e. The third-order valence-corrected chi connectivity index (χ3v) is 7.93. The zero-order chi connectivity index (χ0) is 25.3. The van der Waals surface area contributed by atoms with E-state index in [0.29, 0.717) is 12.3 Å². The minimum absolute atomic E-state index is 0.364. The molecular weight excluding hydrogens is 512 g/mol. The van der Waals surface area contributed by atoms with Crippen molar-refractivity contribution in [3.8, 4) is 5.88 Å². The number of hydrogen-bond donors (Lipinski definition) is 1. The van der Waals surface area contributed by atoms with E-state index in [9.17, 15) is 5.11 Å². The van der Waals surface area contributed by atoms with Crippen LogP contribution in [0.3, 0.4) is 0 Å². The van der Waals surface area contributed by atoms with E-state index in [0.717, 1.165) is 57.9 Å². The molecule has 0 saturated heterocycles. The predicted octanol–water partition coefficient (Wildman–Crippen LogP) is 6.47. The van der Waals surface area contributed by atoms with Gasteiger partial charge in [0.05, 0.1) is 12.6 Å². The van der Waals surface area contributed by atoms with Crippen LogP contribution in [0, 0.1) is 0 Å². The first-order chi connectivity index (χ1) is 17.4. The van der Waals surface area contributed by atoms with Crippen LogP contribution >= 0.6 is 15.9 Å². The predicted molar refractivity (Wildman–Crippen MR) is 150 cm³/mol. The summed E-state index contributed by atoms with van der Waals surface area (Å²) in [6.45, 7) is 0.748. The minimum atomic E-state index is -1.16. The number of halogens is 1. The summed E-state index contributed by atoms with van der Waals surface area (Å²) in [6.07, 6.45) is 3.77. The maximum atomic E-state index is 13.0. The molecule has 0 radical (unpaired) electrons. The third kappa shape index (κ3) is 4.68. The fourth-order valence-electron chi connectivity index (χ4n) is 5.73. The van der Waals surface area contributed by atoms with Crippen molar-refractivity contribution in [2.24, 2.45) is 0 Å². The largest absolute Gasteiger partial charge is 0.481 e. The van der Waals surface area contributed by atoms with Gasteiger partial charge in [-0.2, -0.15) is 0 Å². The molecule has 2 unspecified atom stereocenters. The minimum Gasteiger partial charge on any atom is -0.481 e. The Morgan fingerprint density at radius 2 is 1.83 bits per heavy atom. The first-order valence-electron chi connectivity index (χ1n) is 12.6. The standard InChI is InChI=1S/C31H33BrN2O2/c1-34(2)18-17-31(35,27-14-8-12-21-11-7-13-25(21)27)29(22-9-5-4-6-10-22)26-20-23-19-24(32)15-16-28(23)33-30(26)36-3/h4-6,8-10,12,14-16,19-20,29,35H,7,11,13,17-18H2,1-3H3. The Hall–Kier alpha value is -2.73. The smallest absolute Gasteiger partial charge is 0.217 e. The highest BCUT2D eigenvalue weighted by molar-refractivity contribution is 9.10. The first-order valence-corrected chi connectivity index (χ1v) is 13.4. The van der Waals surface area contributed by atoms with Gasteiger partial charge >= 0.3 is 0 Å². The molecule has 5 rings (SSSR count). The zero-order valence-corrected chi connectivity index (χ0v) is 22.8. The van der Waals surface area contributed by atoms with Crippen LogP contribution in [0.4, 0.5) is 0 Å². The molecule has 2 atom stereocenters. The van der Waals surface area contributed by atoms with E-state index < -0.39 is 5.60 Å². The van der Waals surface area contributed by atoms with Crippen molar-refractivity contribution >= 4 is 26.8 Å². The number of ether oxygens (including phenoxy) is 1. The van der Waals surface area contributed by atoms with Gasteiger partial charge in [-0.15, -0.1) is 0 Å². The van der Waals surface area contributed by atoms with Crippen LogP contribution in [0.15, 0.2) is 77.3 Å². The topological polar surface area (TPSA) is 45.6 Å². The molecule has 0 fully saturated rings. The van der Waals surface area contributed by atoms with Gasteiger partial charge in [-0.05, 0) is 86.3 Å². The van der Waals surface area contributed by atoms with Crippen molar-refractivity contribution in [1.82, 2.24) is 9.88 Å². The molecule has 1 heterocycles. The molecular formula is C31H33BrN2O2. The summed E-state index contributed by atoms with van der Waals surface area (Å²) >= 11 is 3.61. The highest BCUT2D eigenvalue weighted by Gasteiger charge is 2.44. The molecule has 3 aromatic carbocycles. The number of methoxy groups -OCH3 is 1. The van der Waals surface area contributed by atoms with Crippen LogP contribution in [-0.2, 0) is 18.4 Å². The molecule has 5 heteroatoms. The Balaban J connectivity index is 1.80. The Kier molecular flexibility index (Phi) is 7.16. The lowest BCUT2D eigenvalue weighted by Crippen LogP contribution is -2.38. The summed E-state index contributed by atoms with van der Waals surface area (Å²) in [7, 11) is 5.78. The molecule has 0 amide bonds. The van der Waals surface area contributed by atoms with Gasteiger partial charge in [-0.25, -0.2) is 4.98 Å². The summed E-state index contributed by atoms with van der Waals surface area (Å²) in [5, 5.41) is 14.0. The Morgan fingerprint density at radius 3 is 2.58 bits per heavy atom. The van der Waals surface area contributed by atoms with Crippen molar-refractivity contribution in [1.29, 1.82) is 0 Å². The molecule has 4 aromatic rings. The normalized spacial score (nSPS) is 15.6. The highest BCUT2D eigenvalue weighted by atomic mass is 79.9.